The Morgan fingerprint density at radius 1 is 1.08 bits per heavy atom. The first-order chi connectivity index (χ1) is 10.8. The van der Waals surface area contributed by atoms with Crippen molar-refractivity contribution in [3.8, 4) is 0 Å². The number of hydrogen-bond donors (Lipinski definition) is 0. The number of amides is 1. The zero-order valence-corrected chi connectivity index (χ0v) is 16.1. The van der Waals surface area contributed by atoms with Gasteiger partial charge in [0.25, 0.3) is 11.7 Å². The Kier molecular flexibility index (Phi) is 5.54. The molecular weight excluding hydrogens is 365 g/mol. The van der Waals surface area contributed by atoms with Crippen molar-refractivity contribution >= 4 is 39.1 Å². The van der Waals surface area contributed by atoms with Crippen molar-refractivity contribution in [2.45, 2.75) is 11.4 Å². The molecule has 0 aliphatic carbocycles. The predicted octanol–water partition coefficient (Wildman–Crippen LogP) is -1.02. The number of carbonyl (C=O) groups excluding carboxylic acids is 2. The molecule has 0 atom stereocenters. The zero-order valence-electron chi connectivity index (χ0n) is 12.5. The number of nitrogens with zero attached hydrogens (tertiary/aromatic N) is 1. The van der Waals surface area contributed by atoms with Crippen LogP contribution >= 0.6 is 11.6 Å². The molecule has 0 saturated carbocycles. The van der Waals surface area contributed by atoms with E-state index in [0.717, 1.165) is 12.1 Å². The number of ketones is 1. The van der Waals surface area contributed by atoms with E-state index < -0.39 is 26.7 Å². The minimum atomic E-state index is -4.70. The third-order valence-electron chi connectivity index (χ3n) is 3.46. The zero-order chi connectivity index (χ0) is 16.8. The molecule has 0 unspecified atom stereocenters. The van der Waals surface area contributed by atoms with E-state index in [9.17, 15) is 22.6 Å². The van der Waals surface area contributed by atoms with Crippen molar-refractivity contribution < 1.29 is 52.1 Å². The van der Waals surface area contributed by atoms with Crippen molar-refractivity contribution in [1.29, 1.82) is 0 Å². The second-order valence-corrected chi connectivity index (χ2v) is 6.80. The Bertz CT molecular complexity index is 945. The monoisotopic (exact) mass is 373 g/mol. The molecule has 9 heteroatoms. The second kappa shape index (κ2) is 6.95. The fourth-order valence-electron chi connectivity index (χ4n) is 2.41. The van der Waals surface area contributed by atoms with E-state index in [0.29, 0.717) is 10.6 Å². The Morgan fingerprint density at radius 2 is 1.79 bits per heavy atom. The maximum atomic E-state index is 12.1. The molecule has 0 bridgehead atoms. The average molecular weight is 374 g/mol. The molecule has 0 radical (unpaired) electrons. The van der Waals surface area contributed by atoms with E-state index in [1.165, 1.54) is 11.0 Å². The fourth-order valence-corrected chi connectivity index (χ4v) is 3.12. The number of halogens is 1. The summed E-state index contributed by atoms with van der Waals surface area (Å²) in [6.07, 6.45) is 0. The Balaban J connectivity index is 0.00000208. The molecule has 0 saturated heterocycles. The molecule has 24 heavy (non-hydrogen) atoms. The summed E-state index contributed by atoms with van der Waals surface area (Å²) in [5.74, 6) is -1.62. The van der Waals surface area contributed by atoms with E-state index in [1.54, 1.807) is 24.3 Å². The summed E-state index contributed by atoms with van der Waals surface area (Å²) < 4.78 is 33.2. The third kappa shape index (κ3) is 3.56. The molecule has 118 valence electrons. The van der Waals surface area contributed by atoms with Gasteiger partial charge in [0.05, 0.1) is 22.7 Å². The first-order valence-electron chi connectivity index (χ1n) is 6.48. The van der Waals surface area contributed by atoms with Gasteiger partial charge in [0.2, 0.25) is 0 Å². The largest absolute Gasteiger partial charge is 1.00 e. The van der Waals surface area contributed by atoms with Gasteiger partial charge in [-0.05, 0) is 35.9 Å². The maximum absolute atomic E-state index is 12.1. The fraction of sp³-hybridized carbons (Fsp3) is 0.0667. The van der Waals surface area contributed by atoms with Crippen LogP contribution in [0.4, 0.5) is 5.69 Å². The minimum Gasteiger partial charge on any atom is -0.744 e. The summed E-state index contributed by atoms with van der Waals surface area (Å²) >= 11 is 5.89. The van der Waals surface area contributed by atoms with Crippen LogP contribution in [0.3, 0.4) is 0 Å². The average Bonchev–Trinajstić information content (AvgIpc) is 2.71. The summed E-state index contributed by atoms with van der Waals surface area (Å²) in [5, 5.41) is 0.494. The molecule has 0 aromatic heterocycles. The quantitative estimate of drug-likeness (QED) is 0.390. The minimum absolute atomic E-state index is 0. The van der Waals surface area contributed by atoms with Gasteiger partial charge in [-0.15, -0.1) is 0 Å². The standard InChI is InChI=1S/C15H10ClNO5S.Na/c16-10-3-1-2-9(6-10)8-17-13-5-4-11(23(20,21)22)7-12(13)14(18)15(17)19;/h1-7H,8H2,(H,20,21,22);/q;+1/p-1. The Hall–Kier alpha value is -1.22. The Morgan fingerprint density at radius 3 is 2.42 bits per heavy atom. The maximum Gasteiger partial charge on any atom is 1.00 e. The second-order valence-electron chi connectivity index (χ2n) is 4.98. The molecular formula is C15H9ClNNaO5S. The topological polar surface area (TPSA) is 94.6 Å². The summed E-state index contributed by atoms with van der Waals surface area (Å²) in [4.78, 5) is 24.8. The molecule has 2 aromatic carbocycles. The number of hydrogen-bond acceptors (Lipinski definition) is 5. The molecule has 3 rings (SSSR count). The van der Waals surface area contributed by atoms with Crippen LogP contribution in [0.5, 0.6) is 0 Å². The normalized spacial score (nSPS) is 13.7. The van der Waals surface area contributed by atoms with E-state index in [2.05, 4.69) is 0 Å². The molecule has 1 amide bonds. The molecule has 1 aliphatic rings. The van der Waals surface area contributed by atoms with Crippen molar-refractivity contribution in [1.82, 2.24) is 0 Å². The summed E-state index contributed by atoms with van der Waals surface area (Å²) in [7, 11) is -4.70. The predicted molar refractivity (Wildman–Crippen MR) is 81.4 cm³/mol. The Labute approximate surface area is 165 Å². The van der Waals surface area contributed by atoms with Gasteiger partial charge in [-0.25, -0.2) is 8.42 Å². The van der Waals surface area contributed by atoms with Gasteiger partial charge in [-0.1, -0.05) is 23.7 Å². The van der Waals surface area contributed by atoms with Crippen LogP contribution in [0.2, 0.25) is 5.02 Å². The first kappa shape index (κ1) is 19.1. The number of anilines is 1. The van der Waals surface area contributed by atoms with Crippen LogP contribution in [0.1, 0.15) is 15.9 Å². The number of carbonyl (C=O) groups is 2. The molecule has 0 N–H and O–H groups in total. The van der Waals surface area contributed by atoms with Gasteiger partial charge in [0, 0.05) is 5.02 Å². The molecule has 0 fully saturated rings. The molecule has 6 nitrogen and oxygen atoms in total. The first-order valence-corrected chi connectivity index (χ1v) is 8.26. The van der Waals surface area contributed by atoms with Crippen molar-refractivity contribution in [3.63, 3.8) is 0 Å². The summed E-state index contributed by atoms with van der Waals surface area (Å²) in [5.41, 5.74) is 0.897. The van der Waals surface area contributed by atoms with Crippen LogP contribution in [-0.4, -0.2) is 24.7 Å². The van der Waals surface area contributed by atoms with Gasteiger partial charge in [0.15, 0.2) is 0 Å². The smallest absolute Gasteiger partial charge is 0.744 e. The SMILES string of the molecule is O=C1C(=O)N(Cc2cccc(Cl)c2)c2ccc(S(=O)(=O)[O-])cc21.[Na+]. The number of rotatable bonds is 3. The van der Waals surface area contributed by atoms with Crippen LogP contribution in [0, 0.1) is 0 Å². The van der Waals surface area contributed by atoms with Crippen LogP contribution in [-0.2, 0) is 21.5 Å². The number of Topliss-reactive ketones (excluding diaryl/α,β-unsaturated/α-hetero) is 1. The molecule has 0 spiro atoms. The van der Waals surface area contributed by atoms with Crippen molar-refractivity contribution in [2.75, 3.05) is 4.90 Å². The number of benzene rings is 2. The van der Waals surface area contributed by atoms with Gasteiger partial charge >= 0.3 is 29.6 Å². The third-order valence-corrected chi connectivity index (χ3v) is 4.53. The van der Waals surface area contributed by atoms with Crippen LogP contribution < -0.4 is 34.5 Å². The molecule has 2 aromatic rings. The van der Waals surface area contributed by atoms with E-state index in [1.807, 2.05) is 0 Å². The number of fused-ring (bicyclic) bond motifs is 1. The summed E-state index contributed by atoms with van der Waals surface area (Å²) in [6, 6.07) is 10.1. The van der Waals surface area contributed by atoms with E-state index in [-0.39, 0.29) is 47.4 Å². The summed E-state index contributed by atoms with van der Waals surface area (Å²) in [6.45, 7) is 0.113. The van der Waals surface area contributed by atoms with Crippen molar-refractivity contribution in [2.24, 2.45) is 0 Å². The van der Waals surface area contributed by atoms with Crippen LogP contribution in [0.25, 0.3) is 0 Å². The van der Waals surface area contributed by atoms with Gasteiger partial charge in [0.1, 0.15) is 10.1 Å². The molecule has 1 heterocycles. The van der Waals surface area contributed by atoms with Crippen molar-refractivity contribution in [3.05, 3.63) is 58.6 Å². The van der Waals surface area contributed by atoms with Gasteiger partial charge in [-0.2, -0.15) is 0 Å². The molecule has 1 aliphatic heterocycles. The van der Waals surface area contributed by atoms with Crippen LogP contribution in [0.15, 0.2) is 47.4 Å². The van der Waals surface area contributed by atoms with Gasteiger partial charge < -0.3 is 9.45 Å². The van der Waals surface area contributed by atoms with E-state index >= 15 is 0 Å². The van der Waals surface area contributed by atoms with E-state index in [4.69, 9.17) is 11.6 Å². The van der Waals surface area contributed by atoms with Gasteiger partial charge in [-0.3, -0.25) is 9.59 Å².